The van der Waals surface area contributed by atoms with E-state index in [9.17, 15) is 13.6 Å². The smallest absolute Gasteiger partial charge is 0.150 e. The number of aldehydes is 1. The summed E-state index contributed by atoms with van der Waals surface area (Å²) in [6.07, 6.45) is 6.44. The van der Waals surface area contributed by atoms with Gasteiger partial charge in [-0.1, -0.05) is 0 Å². The number of carbonyl (C=O) groups is 1. The Morgan fingerprint density at radius 2 is 1.76 bits per heavy atom. The molecule has 2 aromatic rings. The average Bonchev–Trinajstić information content (AvgIpc) is 3.41. The molecular formula is C23H27F2NO2S. The Labute approximate surface area is 174 Å². The number of ether oxygens (including phenoxy) is 1. The predicted octanol–water partition coefficient (Wildman–Crippen LogP) is 5.47. The van der Waals surface area contributed by atoms with Gasteiger partial charge in [0, 0.05) is 37.4 Å². The Bertz CT molecular complexity index is 818. The van der Waals surface area contributed by atoms with Gasteiger partial charge in [-0.25, -0.2) is 8.78 Å². The molecule has 0 radical (unpaired) electrons. The van der Waals surface area contributed by atoms with Gasteiger partial charge in [-0.15, -0.1) is 11.3 Å². The summed E-state index contributed by atoms with van der Waals surface area (Å²) in [7, 11) is 0. The van der Waals surface area contributed by atoms with Crippen molar-refractivity contribution < 1.29 is 18.3 Å². The minimum atomic E-state index is -0.519. The summed E-state index contributed by atoms with van der Waals surface area (Å²) in [5, 5.41) is 1.95. The van der Waals surface area contributed by atoms with E-state index in [1.807, 2.05) is 11.4 Å². The van der Waals surface area contributed by atoms with E-state index >= 15 is 0 Å². The number of piperidine rings is 1. The molecule has 29 heavy (non-hydrogen) atoms. The zero-order valence-corrected chi connectivity index (χ0v) is 17.4. The van der Waals surface area contributed by atoms with Crippen molar-refractivity contribution in [3.8, 4) is 11.1 Å². The predicted molar refractivity (Wildman–Crippen MR) is 113 cm³/mol. The van der Waals surface area contributed by atoms with Crippen molar-refractivity contribution in [1.29, 1.82) is 0 Å². The molecule has 156 valence electrons. The second-order valence-electron chi connectivity index (χ2n) is 8.19. The maximum absolute atomic E-state index is 14.8. The maximum atomic E-state index is 14.8. The summed E-state index contributed by atoms with van der Waals surface area (Å²) in [4.78, 5) is 13.6. The molecule has 1 saturated heterocycles. The molecule has 2 heterocycles. The Morgan fingerprint density at radius 3 is 2.41 bits per heavy atom. The van der Waals surface area contributed by atoms with Crippen molar-refractivity contribution in [2.24, 2.45) is 11.8 Å². The van der Waals surface area contributed by atoms with Gasteiger partial charge < -0.3 is 14.4 Å². The fourth-order valence-corrected chi connectivity index (χ4v) is 4.81. The molecular weight excluding hydrogens is 392 g/mol. The third-order valence-corrected chi connectivity index (χ3v) is 6.90. The first-order valence-corrected chi connectivity index (χ1v) is 11.3. The minimum Gasteiger partial charge on any atom is -0.381 e. The standard InChI is InChI=1S/C23H27F2NO2S/c24-21-12-18(19-11-20(29-15-19)6-10-28-14-17-1-2-17)13-22(25)23(21)26-7-3-16(4-8-26)5-9-27/h9,11-13,15-17H,1-8,10,14H2. The van der Waals surface area contributed by atoms with Crippen molar-refractivity contribution in [3.05, 3.63) is 40.1 Å². The lowest BCUT2D eigenvalue weighted by atomic mass is 9.93. The maximum Gasteiger partial charge on any atom is 0.150 e. The molecule has 0 bridgehead atoms. The summed E-state index contributed by atoms with van der Waals surface area (Å²) in [5.41, 5.74) is 1.48. The van der Waals surface area contributed by atoms with E-state index in [0.717, 1.165) is 48.5 Å². The van der Waals surface area contributed by atoms with Crippen LogP contribution in [-0.2, 0) is 16.0 Å². The number of rotatable bonds is 9. The van der Waals surface area contributed by atoms with Crippen molar-refractivity contribution >= 4 is 23.3 Å². The summed E-state index contributed by atoms with van der Waals surface area (Å²) < 4.78 is 35.3. The minimum absolute atomic E-state index is 0.0576. The van der Waals surface area contributed by atoms with Crippen LogP contribution in [0.5, 0.6) is 0 Å². The van der Waals surface area contributed by atoms with Gasteiger partial charge >= 0.3 is 0 Å². The van der Waals surface area contributed by atoms with Crippen LogP contribution in [0.3, 0.4) is 0 Å². The van der Waals surface area contributed by atoms with Gasteiger partial charge in [0.2, 0.25) is 0 Å². The molecule has 1 aliphatic carbocycles. The topological polar surface area (TPSA) is 29.5 Å². The highest BCUT2D eigenvalue weighted by atomic mass is 32.1. The zero-order chi connectivity index (χ0) is 20.2. The van der Waals surface area contributed by atoms with Crippen LogP contribution in [-0.4, -0.2) is 32.6 Å². The summed E-state index contributed by atoms with van der Waals surface area (Å²) in [6, 6.07) is 4.88. The van der Waals surface area contributed by atoms with Crippen LogP contribution in [0.4, 0.5) is 14.5 Å². The Kier molecular flexibility index (Phi) is 6.60. The van der Waals surface area contributed by atoms with Crippen molar-refractivity contribution in [2.45, 2.75) is 38.5 Å². The lowest BCUT2D eigenvalue weighted by Crippen LogP contribution is -2.35. The van der Waals surface area contributed by atoms with Gasteiger partial charge in [0.1, 0.15) is 23.6 Å². The molecule has 0 unspecified atom stereocenters. The molecule has 1 aliphatic heterocycles. The van der Waals surface area contributed by atoms with Crippen LogP contribution < -0.4 is 4.90 Å². The largest absolute Gasteiger partial charge is 0.381 e. The van der Waals surface area contributed by atoms with Gasteiger partial charge in [-0.3, -0.25) is 0 Å². The van der Waals surface area contributed by atoms with Crippen molar-refractivity contribution in [2.75, 3.05) is 31.2 Å². The average molecular weight is 420 g/mol. The number of anilines is 1. The van der Waals surface area contributed by atoms with Gasteiger partial charge in [0.05, 0.1) is 6.61 Å². The third kappa shape index (κ3) is 5.23. The molecule has 1 aromatic heterocycles. The van der Waals surface area contributed by atoms with Crippen LogP contribution >= 0.6 is 11.3 Å². The van der Waals surface area contributed by atoms with Crippen LogP contribution in [0.2, 0.25) is 0 Å². The zero-order valence-electron chi connectivity index (χ0n) is 16.5. The molecule has 2 fully saturated rings. The van der Waals surface area contributed by atoms with Crippen LogP contribution in [0.1, 0.15) is 37.0 Å². The Balaban J connectivity index is 1.39. The number of benzene rings is 1. The van der Waals surface area contributed by atoms with E-state index in [0.29, 0.717) is 37.6 Å². The second kappa shape index (κ2) is 9.35. The number of hydrogen-bond acceptors (Lipinski definition) is 4. The van der Waals surface area contributed by atoms with Crippen molar-refractivity contribution in [3.63, 3.8) is 0 Å². The molecule has 0 N–H and O–H groups in total. The number of thiophene rings is 1. The fraction of sp³-hybridized carbons (Fsp3) is 0.522. The summed E-state index contributed by atoms with van der Waals surface area (Å²) in [5.74, 6) is 0.0458. The second-order valence-corrected chi connectivity index (χ2v) is 9.19. The number of halogens is 2. The lowest BCUT2D eigenvalue weighted by molar-refractivity contribution is -0.108. The van der Waals surface area contributed by atoms with Crippen molar-refractivity contribution in [1.82, 2.24) is 0 Å². The summed E-state index contributed by atoms with van der Waals surface area (Å²) in [6.45, 7) is 2.70. The first-order chi connectivity index (χ1) is 14.1. The Hall–Kier alpha value is -1.79. The molecule has 1 aromatic carbocycles. The number of nitrogens with zero attached hydrogens (tertiary/aromatic N) is 1. The third-order valence-electron chi connectivity index (χ3n) is 5.91. The molecule has 2 aliphatic rings. The van der Waals surface area contributed by atoms with Gasteiger partial charge in [0.15, 0.2) is 0 Å². The fourth-order valence-electron chi connectivity index (χ4n) is 3.93. The van der Waals surface area contributed by atoms with E-state index in [-0.39, 0.29) is 5.69 Å². The molecule has 4 rings (SSSR count). The van der Waals surface area contributed by atoms with E-state index in [1.165, 1.54) is 25.0 Å². The molecule has 0 amide bonds. The van der Waals surface area contributed by atoms with Crippen LogP contribution in [0.15, 0.2) is 23.6 Å². The highest BCUT2D eigenvalue weighted by Gasteiger charge is 2.24. The van der Waals surface area contributed by atoms with Crippen LogP contribution in [0.25, 0.3) is 11.1 Å². The van der Waals surface area contributed by atoms with E-state index in [1.54, 1.807) is 16.2 Å². The normalized spacial score (nSPS) is 17.7. The highest BCUT2D eigenvalue weighted by molar-refractivity contribution is 7.10. The number of carbonyl (C=O) groups excluding carboxylic acids is 1. The van der Waals surface area contributed by atoms with E-state index in [2.05, 4.69) is 0 Å². The monoisotopic (exact) mass is 419 g/mol. The van der Waals surface area contributed by atoms with Gasteiger partial charge in [-0.05, 0) is 72.2 Å². The first kappa shape index (κ1) is 20.5. The molecule has 1 saturated carbocycles. The first-order valence-electron chi connectivity index (χ1n) is 10.5. The number of hydrogen-bond donors (Lipinski definition) is 0. The summed E-state index contributed by atoms with van der Waals surface area (Å²) >= 11 is 1.60. The van der Waals surface area contributed by atoms with E-state index in [4.69, 9.17) is 4.74 Å². The molecule has 0 spiro atoms. The Morgan fingerprint density at radius 1 is 1.03 bits per heavy atom. The molecule has 3 nitrogen and oxygen atoms in total. The van der Waals surface area contributed by atoms with Gasteiger partial charge in [-0.2, -0.15) is 0 Å². The lowest BCUT2D eigenvalue weighted by Gasteiger charge is -2.33. The highest BCUT2D eigenvalue weighted by Crippen LogP contribution is 2.34. The van der Waals surface area contributed by atoms with Crippen LogP contribution in [0, 0.1) is 23.5 Å². The van der Waals surface area contributed by atoms with Gasteiger partial charge in [0.25, 0.3) is 0 Å². The SMILES string of the molecule is O=CCC1CCN(c2c(F)cc(-c3csc(CCOCC4CC4)c3)cc2F)CC1. The quantitative estimate of drug-likeness (QED) is 0.399. The molecule has 6 heteroatoms. The van der Waals surface area contributed by atoms with E-state index < -0.39 is 11.6 Å². The molecule has 0 atom stereocenters.